The summed E-state index contributed by atoms with van der Waals surface area (Å²) < 4.78 is 9.13. The summed E-state index contributed by atoms with van der Waals surface area (Å²) in [6, 6.07) is 1.81. The molecule has 1 aliphatic carbocycles. The first-order valence-corrected chi connectivity index (χ1v) is 12.9. The predicted molar refractivity (Wildman–Crippen MR) is 141 cm³/mol. The number of nitrogens with one attached hydrogen (secondary N) is 2. The monoisotopic (exact) mass is 516 g/mol. The highest BCUT2D eigenvalue weighted by Gasteiger charge is 2.49. The molecule has 0 aromatic carbocycles. The van der Waals surface area contributed by atoms with Gasteiger partial charge in [-0.1, -0.05) is 0 Å². The third kappa shape index (κ3) is 4.84. The van der Waals surface area contributed by atoms with Crippen LogP contribution in [0.15, 0.2) is 30.9 Å². The summed E-state index contributed by atoms with van der Waals surface area (Å²) in [5.41, 5.74) is 3.94. The normalized spacial score (nSPS) is 16.7. The first kappa shape index (κ1) is 24.4. The Morgan fingerprint density at radius 3 is 2.84 bits per heavy atom. The van der Waals surface area contributed by atoms with Crippen molar-refractivity contribution < 1.29 is 9.53 Å². The Morgan fingerprint density at radius 1 is 1.18 bits per heavy atom. The molecule has 1 amide bonds. The molecule has 4 aromatic rings. The minimum Gasteiger partial charge on any atom is -0.378 e. The second-order valence-corrected chi connectivity index (χ2v) is 10.2. The molecule has 0 atom stereocenters. The number of carbonyl (C=O) groups excluding carboxylic acids is 1. The summed E-state index contributed by atoms with van der Waals surface area (Å²) in [5, 5.41) is 16.0. The van der Waals surface area contributed by atoms with Gasteiger partial charge in [0.1, 0.15) is 5.82 Å². The molecular formula is C26H32N10O2. The van der Waals surface area contributed by atoms with Crippen molar-refractivity contribution in [3.8, 4) is 0 Å². The van der Waals surface area contributed by atoms with Crippen LogP contribution in [0.3, 0.4) is 0 Å². The van der Waals surface area contributed by atoms with Crippen molar-refractivity contribution in [1.29, 1.82) is 0 Å². The van der Waals surface area contributed by atoms with Gasteiger partial charge in [0.25, 0.3) is 5.91 Å². The van der Waals surface area contributed by atoms with Crippen molar-refractivity contribution in [1.82, 2.24) is 44.7 Å². The Labute approximate surface area is 220 Å². The predicted octanol–water partition coefficient (Wildman–Crippen LogP) is 1.73. The first-order valence-electron chi connectivity index (χ1n) is 12.9. The van der Waals surface area contributed by atoms with Crippen LogP contribution in [0.2, 0.25) is 0 Å². The number of hydrogen-bond donors (Lipinski definition) is 2. The van der Waals surface area contributed by atoms with Crippen molar-refractivity contribution in [2.75, 3.05) is 38.2 Å². The van der Waals surface area contributed by atoms with Gasteiger partial charge in [0, 0.05) is 64.3 Å². The summed E-state index contributed by atoms with van der Waals surface area (Å²) in [7, 11) is 3.74. The van der Waals surface area contributed by atoms with Gasteiger partial charge in [0.2, 0.25) is 0 Å². The van der Waals surface area contributed by atoms with Crippen LogP contribution in [-0.2, 0) is 25.3 Å². The first-order chi connectivity index (χ1) is 18.4. The Balaban J connectivity index is 1.14. The summed E-state index contributed by atoms with van der Waals surface area (Å²) in [6.07, 6.45) is 10.1. The number of anilines is 2. The van der Waals surface area contributed by atoms with Gasteiger partial charge in [-0.3, -0.25) is 19.4 Å². The fraction of sp³-hybridized carbons (Fsp3) is 0.462. The van der Waals surface area contributed by atoms with Crippen LogP contribution >= 0.6 is 0 Å². The maximum Gasteiger partial charge on any atom is 0.252 e. The van der Waals surface area contributed by atoms with Crippen molar-refractivity contribution >= 4 is 28.4 Å². The Bertz CT molecular complexity index is 1490. The van der Waals surface area contributed by atoms with Gasteiger partial charge in [-0.25, -0.2) is 14.6 Å². The fourth-order valence-electron chi connectivity index (χ4n) is 5.03. The van der Waals surface area contributed by atoms with Gasteiger partial charge in [0.15, 0.2) is 11.5 Å². The van der Waals surface area contributed by atoms with E-state index in [2.05, 4.69) is 35.7 Å². The van der Waals surface area contributed by atoms with E-state index < -0.39 is 0 Å². The molecule has 1 aliphatic heterocycles. The molecule has 1 saturated carbocycles. The van der Waals surface area contributed by atoms with Crippen molar-refractivity contribution in [3.63, 3.8) is 0 Å². The van der Waals surface area contributed by atoms with Crippen LogP contribution < -0.4 is 10.6 Å². The average Bonchev–Trinajstić information content (AvgIpc) is 3.45. The maximum atomic E-state index is 12.9. The summed E-state index contributed by atoms with van der Waals surface area (Å²) in [4.78, 5) is 29.1. The third-order valence-corrected chi connectivity index (χ3v) is 7.39. The molecular weight excluding hydrogens is 484 g/mol. The lowest BCUT2D eigenvalue weighted by atomic mass is 10.2. The molecule has 198 valence electrons. The number of morpholine rings is 1. The van der Waals surface area contributed by atoms with Crippen molar-refractivity contribution in [2.45, 2.75) is 31.7 Å². The zero-order valence-electron chi connectivity index (χ0n) is 21.9. The van der Waals surface area contributed by atoms with Crippen LogP contribution in [-0.4, -0.2) is 83.7 Å². The molecule has 2 aliphatic rings. The van der Waals surface area contributed by atoms with E-state index in [4.69, 9.17) is 9.72 Å². The molecule has 38 heavy (non-hydrogen) atoms. The molecule has 12 nitrogen and oxygen atoms in total. The highest BCUT2D eigenvalue weighted by molar-refractivity contribution is 5.95. The second-order valence-electron chi connectivity index (χ2n) is 10.2. The third-order valence-electron chi connectivity index (χ3n) is 7.39. The molecule has 0 radical (unpaired) electrons. The number of hydrogen-bond acceptors (Lipinski definition) is 9. The highest BCUT2D eigenvalue weighted by Crippen LogP contribution is 2.43. The van der Waals surface area contributed by atoms with Gasteiger partial charge in [-0.05, 0) is 31.4 Å². The number of amides is 1. The molecule has 2 N–H and O–H groups in total. The number of pyridine rings is 1. The van der Waals surface area contributed by atoms with Crippen LogP contribution in [0.1, 0.15) is 40.3 Å². The molecule has 4 aromatic heterocycles. The molecule has 0 bridgehead atoms. The number of nitrogens with zero attached hydrogens (tertiary/aromatic N) is 8. The van der Waals surface area contributed by atoms with E-state index in [1.165, 1.54) is 12.8 Å². The quantitative estimate of drug-likeness (QED) is 0.360. The van der Waals surface area contributed by atoms with Gasteiger partial charge in [-0.2, -0.15) is 10.2 Å². The zero-order chi connectivity index (χ0) is 26.3. The fourth-order valence-corrected chi connectivity index (χ4v) is 5.03. The number of aryl methyl sites for hydroxylation is 3. The van der Waals surface area contributed by atoms with Gasteiger partial charge >= 0.3 is 0 Å². The SMILES string of the molecule is Cc1ncc(C(=O)NCCN2CCOCC23CC3)cc1Nc1nn(C)c2nc(Cc3cnn(C)c3)ncc12. The summed E-state index contributed by atoms with van der Waals surface area (Å²) in [6.45, 7) is 5.78. The number of rotatable bonds is 8. The number of ether oxygens (including phenoxy) is 1. The molecule has 12 heteroatoms. The minimum atomic E-state index is -0.145. The van der Waals surface area contributed by atoms with Crippen LogP contribution in [0.5, 0.6) is 0 Å². The molecule has 2 fully saturated rings. The number of aromatic nitrogens is 7. The molecule has 0 unspecified atom stereocenters. The second kappa shape index (κ2) is 9.76. The molecule has 5 heterocycles. The lowest BCUT2D eigenvalue weighted by molar-refractivity contribution is -0.0192. The van der Waals surface area contributed by atoms with E-state index in [1.54, 1.807) is 21.8 Å². The molecule has 6 rings (SSSR count). The average molecular weight is 517 g/mol. The lowest BCUT2D eigenvalue weighted by Gasteiger charge is -2.36. The molecule has 1 saturated heterocycles. The number of fused-ring (bicyclic) bond motifs is 1. The van der Waals surface area contributed by atoms with Crippen LogP contribution in [0.25, 0.3) is 11.0 Å². The summed E-state index contributed by atoms with van der Waals surface area (Å²) in [5.74, 6) is 1.16. The van der Waals surface area contributed by atoms with E-state index in [1.807, 2.05) is 39.5 Å². The van der Waals surface area contributed by atoms with Gasteiger partial charge in [-0.15, -0.1) is 0 Å². The van der Waals surface area contributed by atoms with Crippen LogP contribution in [0.4, 0.5) is 11.5 Å². The van der Waals surface area contributed by atoms with Gasteiger partial charge < -0.3 is 15.4 Å². The largest absolute Gasteiger partial charge is 0.378 e. The zero-order valence-corrected chi connectivity index (χ0v) is 21.9. The maximum absolute atomic E-state index is 12.9. The molecule has 1 spiro atoms. The summed E-state index contributed by atoms with van der Waals surface area (Å²) >= 11 is 0. The minimum absolute atomic E-state index is 0.145. The van der Waals surface area contributed by atoms with E-state index in [-0.39, 0.29) is 11.4 Å². The Kier molecular flexibility index (Phi) is 6.28. The Morgan fingerprint density at radius 2 is 2.05 bits per heavy atom. The Hall–Kier alpha value is -3.90. The van der Waals surface area contributed by atoms with E-state index in [0.29, 0.717) is 35.9 Å². The van der Waals surface area contributed by atoms with E-state index >= 15 is 0 Å². The van der Waals surface area contributed by atoms with E-state index in [9.17, 15) is 4.79 Å². The highest BCUT2D eigenvalue weighted by atomic mass is 16.5. The topological polar surface area (TPSA) is 128 Å². The van der Waals surface area contributed by atoms with Crippen LogP contribution in [0, 0.1) is 6.92 Å². The van der Waals surface area contributed by atoms with Crippen molar-refractivity contribution in [3.05, 3.63) is 53.5 Å². The van der Waals surface area contributed by atoms with Crippen molar-refractivity contribution in [2.24, 2.45) is 14.1 Å². The smallest absolute Gasteiger partial charge is 0.252 e. The lowest BCUT2D eigenvalue weighted by Crippen LogP contribution is -2.50. The number of carbonyl (C=O) groups is 1. The van der Waals surface area contributed by atoms with Gasteiger partial charge in [0.05, 0.1) is 41.7 Å². The van der Waals surface area contributed by atoms with E-state index in [0.717, 1.165) is 48.6 Å². The standard InChI is InChI=1S/C26H32N10O2/c1-17-21(11-19(13-28-17)25(37)27-6-7-36-8-9-38-16-26(36)4-5-26)31-23-20-14-29-22(32-24(20)35(3)33-23)10-18-12-30-34(2)15-18/h11-15H,4-10,16H2,1-3H3,(H,27,37)(H,31,33).